The third-order valence-corrected chi connectivity index (χ3v) is 9.19. The Labute approximate surface area is 227 Å². The molecule has 0 spiro atoms. The lowest BCUT2D eigenvalue weighted by Crippen LogP contribution is -2.38. The van der Waals surface area contributed by atoms with Crippen LogP contribution in [0.25, 0.3) is 10.4 Å². The number of aryl methyl sites for hydroxylation is 1. The van der Waals surface area contributed by atoms with E-state index in [0.717, 1.165) is 54.1 Å². The summed E-state index contributed by atoms with van der Waals surface area (Å²) in [6, 6.07) is 7.61. The van der Waals surface area contributed by atoms with Gasteiger partial charge in [0.15, 0.2) is 5.82 Å². The number of ether oxygens (including phenoxy) is 1. The van der Waals surface area contributed by atoms with Gasteiger partial charge in [0.25, 0.3) is 0 Å². The van der Waals surface area contributed by atoms with Gasteiger partial charge in [-0.3, -0.25) is 4.68 Å². The quantitative estimate of drug-likeness (QED) is 0.345. The molecule has 2 saturated carbocycles. The Morgan fingerprint density at radius 1 is 1.16 bits per heavy atom. The fraction of sp³-hybridized carbons (Fsp3) is 0.500. The van der Waals surface area contributed by atoms with Gasteiger partial charge in [-0.1, -0.05) is 6.07 Å². The minimum Gasteiger partial charge on any atom is -0.447 e. The third-order valence-electron chi connectivity index (χ3n) is 6.89. The lowest BCUT2D eigenvalue weighted by atomic mass is 9.86. The van der Waals surface area contributed by atoms with Gasteiger partial charge >= 0.3 is 6.09 Å². The Bertz CT molecular complexity index is 1420. The van der Waals surface area contributed by atoms with E-state index in [1.165, 1.54) is 11.3 Å². The van der Waals surface area contributed by atoms with Crippen molar-refractivity contribution >= 4 is 39.0 Å². The molecule has 0 aliphatic heterocycles. The summed E-state index contributed by atoms with van der Waals surface area (Å²) in [7, 11) is -3.99. The molecule has 2 heterocycles. The number of thiazole rings is 1. The number of sulfonamides is 1. The van der Waals surface area contributed by atoms with Crippen LogP contribution >= 0.6 is 11.3 Å². The van der Waals surface area contributed by atoms with Gasteiger partial charge in [-0.2, -0.15) is 5.10 Å². The Kier molecular flexibility index (Phi) is 7.47. The monoisotopic (exact) mass is 558 g/mol. The Morgan fingerprint density at radius 2 is 1.89 bits per heavy atom. The number of nitrogens with two attached hydrogens (primary N) is 1. The van der Waals surface area contributed by atoms with Gasteiger partial charge in [0.2, 0.25) is 10.0 Å². The van der Waals surface area contributed by atoms with Gasteiger partial charge in [0.05, 0.1) is 32.6 Å². The van der Waals surface area contributed by atoms with Crippen LogP contribution in [0.3, 0.4) is 0 Å². The van der Waals surface area contributed by atoms with Crippen LogP contribution in [0, 0.1) is 6.92 Å². The summed E-state index contributed by atoms with van der Waals surface area (Å²) in [6.45, 7) is 5.55. The number of carbonyl (C=O) groups is 1. The number of carbonyl (C=O) groups excluding carboxylic acids is 1. The Balaban J connectivity index is 1.32. The van der Waals surface area contributed by atoms with Crippen molar-refractivity contribution < 1.29 is 17.9 Å². The van der Waals surface area contributed by atoms with Crippen molar-refractivity contribution in [2.75, 3.05) is 5.32 Å². The highest BCUT2D eigenvalue weighted by Gasteiger charge is 2.28. The molecule has 38 heavy (non-hydrogen) atoms. The first-order valence-corrected chi connectivity index (χ1v) is 15.4. The second kappa shape index (κ2) is 10.7. The normalized spacial score (nSPS) is 19.9. The highest BCUT2D eigenvalue weighted by atomic mass is 32.2. The first kappa shape index (κ1) is 26.6. The summed E-state index contributed by atoms with van der Waals surface area (Å²) in [5.41, 5.74) is 1.93. The van der Waals surface area contributed by atoms with Gasteiger partial charge in [-0.05, 0) is 71.4 Å². The van der Waals surface area contributed by atoms with Crippen LogP contribution in [-0.4, -0.2) is 41.4 Å². The lowest BCUT2D eigenvalue weighted by molar-refractivity contribution is 0.109. The molecule has 1 amide bonds. The maximum absolute atomic E-state index is 12.6. The molecule has 1 aromatic carbocycles. The number of amides is 1. The summed E-state index contributed by atoms with van der Waals surface area (Å²) in [6.07, 6.45) is 7.12. The maximum atomic E-state index is 12.6. The molecule has 0 radical (unpaired) electrons. The van der Waals surface area contributed by atoms with Crippen molar-refractivity contribution in [2.24, 2.45) is 5.14 Å². The van der Waals surface area contributed by atoms with E-state index in [9.17, 15) is 13.2 Å². The van der Waals surface area contributed by atoms with Crippen molar-refractivity contribution in [3.63, 3.8) is 0 Å². The second-order valence-corrected chi connectivity index (χ2v) is 13.0. The van der Waals surface area contributed by atoms with E-state index in [0.29, 0.717) is 23.1 Å². The summed E-state index contributed by atoms with van der Waals surface area (Å²) in [5, 5.41) is 17.3. The van der Waals surface area contributed by atoms with E-state index >= 15 is 0 Å². The molecule has 10 nitrogen and oxygen atoms in total. The van der Waals surface area contributed by atoms with Gasteiger partial charge in [-0.25, -0.2) is 23.3 Å². The zero-order valence-corrected chi connectivity index (χ0v) is 23.4. The van der Waals surface area contributed by atoms with Crippen LogP contribution in [0.5, 0.6) is 0 Å². The number of hydrogen-bond acceptors (Lipinski definition) is 8. The topological polar surface area (TPSA) is 141 Å². The lowest BCUT2D eigenvalue weighted by Gasteiger charge is -2.28. The predicted molar refractivity (Wildman–Crippen MR) is 147 cm³/mol. The number of hydrogen-bond donors (Lipinski definition) is 3. The first-order chi connectivity index (χ1) is 18.1. The number of alkyl carbamates (subject to hydrolysis) is 1. The Morgan fingerprint density at radius 3 is 2.55 bits per heavy atom. The zero-order valence-electron chi connectivity index (χ0n) is 21.8. The predicted octanol–water partition coefficient (Wildman–Crippen LogP) is 5.20. The fourth-order valence-electron chi connectivity index (χ4n) is 4.86. The van der Waals surface area contributed by atoms with Gasteiger partial charge in [0.1, 0.15) is 0 Å². The standard InChI is InChI=1S/C26H34N6O4S2/c1-15(2)36-26(33)30-18-6-4-17(5-7-18)25-28-16(3)24(37-25)21-11-8-19(14-22(21)38(27,34)35)29-23-12-13-32(31-23)20-9-10-20/h8,11-15,17-18,20H,4-7,9-10H2,1-3H3,(H,29,31)(H,30,33)(H2,27,34,35)/t17-,18-. The van der Waals surface area contributed by atoms with Crippen molar-refractivity contribution in [2.45, 2.75) is 88.3 Å². The number of benzene rings is 1. The summed E-state index contributed by atoms with van der Waals surface area (Å²) in [5.74, 6) is 0.913. The molecule has 3 aromatic rings. The third kappa shape index (κ3) is 6.19. The van der Waals surface area contributed by atoms with Crippen LogP contribution in [0.15, 0.2) is 35.4 Å². The molecule has 2 fully saturated rings. The second-order valence-electron chi connectivity index (χ2n) is 10.4. The molecule has 0 bridgehead atoms. The van der Waals surface area contributed by atoms with E-state index < -0.39 is 10.0 Å². The van der Waals surface area contributed by atoms with E-state index in [1.54, 1.807) is 12.1 Å². The van der Waals surface area contributed by atoms with E-state index in [-0.39, 0.29) is 29.1 Å². The van der Waals surface area contributed by atoms with E-state index in [4.69, 9.17) is 14.9 Å². The molecule has 0 unspecified atom stereocenters. The van der Waals surface area contributed by atoms with Gasteiger partial charge < -0.3 is 15.4 Å². The summed E-state index contributed by atoms with van der Waals surface area (Å²) in [4.78, 5) is 17.6. The van der Waals surface area contributed by atoms with Crippen molar-refractivity contribution in [1.29, 1.82) is 0 Å². The Hall–Kier alpha value is -2.96. The highest BCUT2D eigenvalue weighted by molar-refractivity contribution is 7.89. The average molecular weight is 559 g/mol. The number of anilines is 2. The van der Waals surface area contributed by atoms with Crippen molar-refractivity contribution in [3.05, 3.63) is 41.2 Å². The minimum absolute atomic E-state index is 0.0546. The molecule has 2 aliphatic rings. The molecular formula is C26H34N6O4S2. The van der Waals surface area contributed by atoms with E-state index in [1.807, 2.05) is 43.8 Å². The first-order valence-electron chi connectivity index (χ1n) is 13.0. The number of rotatable bonds is 8. The smallest absolute Gasteiger partial charge is 0.407 e. The maximum Gasteiger partial charge on any atom is 0.407 e. The fourth-order valence-corrected chi connectivity index (χ4v) is 6.97. The van der Waals surface area contributed by atoms with Crippen molar-refractivity contribution in [3.8, 4) is 10.4 Å². The van der Waals surface area contributed by atoms with Crippen LogP contribution in [0.4, 0.5) is 16.3 Å². The average Bonchev–Trinajstić information content (AvgIpc) is 3.47. The molecule has 12 heteroatoms. The molecule has 5 rings (SSSR count). The minimum atomic E-state index is -3.99. The largest absolute Gasteiger partial charge is 0.447 e. The van der Waals surface area contributed by atoms with E-state index in [2.05, 4.69) is 15.7 Å². The number of aromatic nitrogens is 3. The van der Waals surface area contributed by atoms with Crippen LogP contribution in [0.2, 0.25) is 0 Å². The molecule has 4 N–H and O–H groups in total. The molecule has 0 saturated heterocycles. The van der Waals surface area contributed by atoms with Crippen LogP contribution in [-0.2, 0) is 14.8 Å². The van der Waals surface area contributed by atoms with Gasteiger partial charge in [-0.15, -0.1) is 11.3 Å². The zero-order chi connectivity index (χ0) is 27.0. The number of nitrogens with zero attached hydrogens (tertiary/aromatic N) is 3. The number of nitrogens with one attached hydrogen (secondary N) is 2. The molecule has 204 valence electrons. The molecule has 2 aliphatic carbocycles. The highest BCUT2D eigenvalue weighted by Crippen LogP contribution is 2.42. The number of primary sulfonamides is 1. The summed E-state index contributed by atoms with van der Waals surface area (Å²) < 4.78 is 32.4. The molecule has 0 atom stereocenters. The SMILES string of the molecule is Cc1nc([C@H]2CC[C@H](NC(=O)OC(C)C)CC2)sc1-c1ccc(Nc2ccn(C3CC3)n2)cc1S(N)(=O)=O. The van der Waals surface area contributed by atoms with Crippen molar-refractivity contribution in [1.82, 2.24) is 20.1 Å². The summed E-state index contributed by atoms with van der Waals surface area (Å²) >= 11 is 1.52. The van der Waals surface area contributed by atoms with Gasteiger partial charge in [0, 0.05) is 35.5 Å². The van der Waals surface area contributed by atoms with Crippen LogP contribution < -0.4 is 15.8 Å². The molecular weight excluding hydrogens is 524 g/mol. The van der Waals surface area contributed by atoms with Crippen LogP contribution in [0.1, 0.15) is 75.0 Å². The molecule has 2 aromatic heterocycles.